The van der Waals surface area contributed by atoms with Crippen molar-refractivity contribution in [2.24, 2.45) is 17.3 Å². The standard InChI is InChI=1S/C16H20N2O2/c1-16(2)5-11-15(13(20)6-16)14(9-3-4-9)10(7-17)12(8-19)18-11/h9,14,18-19H,3-6,8H2,1-2H3. The lowest BCUT2D eigenvalue weighted by molar-refractivity contribution is -0.118. The first-order chi connectivity index (χ1) is 9.46. The van der Waals surface area contributed by atoms with E-state index in [0.29, 0.717) is 23.6 Å². The van der Waals surface area contributed by atoms with E-state index in [0.717, 1.165) is 30.5 Å². The van der Waals surface area contributed by atoms with Crippen LogP contribution in [-0.4, -0.2) is 17.5 Å². The third-order valence-electron chi connectivity index (χ3n) is 4.54. The fraction of sp³-hybridized carbons (Fsp3) is 0.625. The summed E-state index contributed by atoms with van der Waals surface area (Å²) in [7, 11) is 0. The van der Waals surface area contributed by atoms with Crippen LogP contribution in [0, 0.1) is 28.6 Å². The number of hydrogen-bond donors (Lipinski definition) is 2. The van der Waals surface area contributed by atoms with Crippen LogP contribution in [0.15, 0.2) is 22.5 Å². The number of rotatable bonds is 2. The van der Waals surface area contributed by atoms with Crippen molar-refractivity contribution in [2.45, 2.75) is 39.5 Å². The Kier molecular flexibility index (Phi) is 2.98. The van der Waals surface area contributed by atoms with Crippen LogP contribution < -0.4 is 5.32 Å². The van der Waals surface area contributed by atoms with Crippen LogP contribution in [0.1, 0.15) is 39.5 Å². The second kappa shape index (κ2) is 4.46. The second-order valence-corrected chi connectivity index (χ2v) is 6.94. The van der Waals surface area contributed by atoms with Crippen molar-refractivity contribution < 1.29 is 9.90 Å². The summed E-state index contributed by atoms with van der Waals surface area (Å²) >= 11 is 0. The number of ketones is 1. The maximum atomic E-state index is 12.6. The summed E-state index contributed by atoms with van der Waals surface area (Å²) in [6.45, 7) is 4.01. The lowest BCUT2D eigenvalue weighted by atomic mass is 9.69. The molecular weight excluding hydrogens is 252 g/mol. The normalized spacial score (nSPS) is 28.9. The van der Waals surface area contributed by atoms with Gasteiger partial charge >= 0.3 is 0 Å². The van der Waals surface area contributed by atoms with Crippen LogP contribution in [0.4, 0.5) is 0 Å². The van der Waals surface area contributed by atoms with Crippen molar-refractivity contribution in [1.82, 2.24) is 5.32 Å². The molecule has 0 radical (unpaired) electrons. The van der Waals surface area contributed by atoms with Gasteiger partial charge in [-0.1, -0.05) is 13.8 Å². The maximum Gasteiger partial charge on any atom is 0.161 e. The fourth-order valence-electron chi connectivity index (χ4n) is 3.55. The average Bonchev–Trinajstić information content (AvgIpc) is 3.18. The van der Waals surface area contributed by atoms with E-state index in [1.54, 1.807) is 0 Å². The molecular formula is C16H20N2O2. The number of nitrogens with zero attached hydrogens (tertiary/aromatic N) is 1. The van der Waals surface area contributed by atoms with Gasteiger partial charge in [0.2, 0.25) is 0 Å². The maximum absolute atomic E-state index is 12.6. The van der Waals surface area contributed by atoms with Gasteiger partial charge in [0.05, 0.1) is 23.9 Å². The van der Waals surface area contributed by atoms with Gasteiger partial charge in [0.25, 0.3) is 0 Å². The first-order valence-electron chi connectivity index (χ1n) is 7.24. The molecule has 1 fully saturated rings. The minimum atomic E-state index is -0.169. The number of carbonyl (C=O) groups excluding carboxylic acids is 1. The first kappa shape index (κ1) is 13.4. The zero-order chi connectivity index (χ0) is 14.5. The Balaban J connectivity index is 2.08. The molecule has 4 nitrogen and oxygen atoms in total. The van der Waals surface area contributed by atoms with Gasteiger partial charge in [-0.3, -0.25) is 4.79 Å². The smallest absolute Gasteiger partial charge is 0.161 e. The summed E-state index contributed by atoms with van der Waals surface area (Å²) in [6.07, 6.45) is 3.49. The Hall–Kier alpha value is -1.60. The van der Waals surface area contributed by atoms with E-state index in [-0.39, 0.29) is 23.7 Å². The minimum Gasteiger partial charge on any atom is -0.390 e. The number of aliphatic hydroxyl groups is 1. The van der Waals surface area contributed by atoms with Crippen LogP contribution in [-0.2, 0) is 4.79 Å². The van der Waals surface area contributed by atoms with Gasteiger partial charge in [0, 0.05) is 23.6 Å². The van der Waals surface area contributed by atoms with Crippen molar-refractivity contribution in [1.29, 1.82) is 5.26 Å². The summed E-state index contributed by atoms with van der Waals surface area (Å²) in [4.78, 5) is 12.6. The molecule has 106 valence electrons. The molecule has 0 saturated heterocycles. The topological polar surface area (TPSA) is 73.1 Å². The van der Waals surface area contributed by atoms with Crippen LogP contribution >= 0.6 is 0 Å². The Morgan fingerprint density at radius 1 is 1.40 bits per heavy atom. The van der Waals surface area contributed by atoms with Crippen molar-refractivity contribution >= 4 is 5.78 Å². The third-order valence-corrected chi connectivity index (χ3v) is 4.54. The fourth-order valence-corrected chi connectivity index (χ4v) is 3.55. The van der Waals surface area contributed by atoms with E-state index in [1.807, 2.05) is 0 Å². The largest absolute Gasteiger partial charge is 0.390 e. The first-order valence-corrected chi connectivity index (χ1v) is 7.24. The summed E-state index contributed by atoms with van der Waals surface area (Å²) in [6, 6.07) is 2.22. The lowest BCUT2D eigenvalue weighted by Crippen LogP contribution is -2.39. The monoisotopic (exact) mass is 272 g/mol. The molecule has 3 rings (SSSR count). The summed E-state index contributed by atoms with van der Waals surface area (Å²) in [5.74, 6) is 0.496. The van der Waals surface area contributed by atoms with E-state index in [4.69, 9.17) is 0 Å². The molecule has 20 heavy (non-hydrogen) atoms. The Morgan fingerprint density at radius 2 is 2.10 bits per heavy atom. The average molecular weight is 272 g/mol. The molecule has 1 heterocycles. The Morgan fingerprint density at radius 3 is 2.65 bits per heavy atom. The molecule has 0 aromatic carbocycles. The molecule has 2 aliphatic carbocycles. The van der Waals surface area contributed by atoms with Gasteiger partial charge in [-0.15, -0.1) is 0 Å². The number of nitrogens with one attached hydrogen (secondary N) is 1. The number of allylic oxidation sites excluding steroid dienone is 3. The van der Waals surface area contributed by atoms with E-state index in [2.05, 4.69) is 25.2 Å². The van der Waals surface area contributed by atoms with Crippen molar-refractivity contribution in [3.8, 4) is 6.07 Å². The van der Waals surface area contributed by atoms with Crippen LogP contribution in [0.3, 0.4) is 0 Å². The van der Waals surface area contributed by atoms with Crippen LogP contribution in [0.5, 0.6) is 0 Å². The highest BCUT2D eigenvalue weighted by Crippen LogP contribution is 2.50. The summed E-state index contributed by atoms with van der Waals surface area (Å²) < 4.78 is 0. The highest BCUT2D eigenvalue weighted by atomic mass is 16.3. The van der Waals surface area contributed by atoms with Gasteiger partial charge in [-0.25, -0.2) is 0 Å². The van der Waals surface area contributed by atoms with Crippen molar-refractivity contribution in [2.75, 3.05) is 6.61 Å². The van der Waals surface area contributed by atoms with E-state index in [1.165, 1.54) is 0 Å². The van der Waals surface area contributed by atoms with E-state index in [9.17, 15) is 15.2 Å². The number of dihydropyridines is 1. The second-order valence-electron chi connectivity index (χ2n) is 6.94. The molecule has 0 amide bonds. The minimum absolute atomic E-state index is 0.0538. The van der Waals surface area contributed by atoms with Crippen LogP contribution in [0.2, 0.25) is 0 Å². The number of aliphatic hydroxyl groups excluding tert-OH is 1. The molecule has 1 atom stereocenters. The Bertz CT molecular complexity index is 574. The Labute approximate surface area is 119 Å². The summed E-state index contributed by atoms with van der Waals surface area (Å²) in [5.41, 5.74) is 2.86. The van der Waals surface area contributed by atoms with Gasteiger partial charge in [0.1, 0.15) is 0 Å². The molecule has 2 N–H and O–H groups in total. The number of hydrogen-bond acceptors (Lipinski definition) is 4. The predicted octanol–water partition coefficient (Wildman–Crippen LogP) is 2.03. The highest BCUT2D eigenvalue weighted by Gasteiger charge is 2.46. The van der Waals surface area contributed by atoms with Crippen molar-refractivity contribution in [3.05, 3.63) is 22.5 Å². The predicted molar refractivity (Wildman–Crippen MR) is 74.1 cm³/mol. The highest BCUT2D eigenvalue weighted by molar-refractivity contribution is 5.99. The molecule has 0 bridgehead atoms. The molecule has 4 heteroatoms. The van der Waals surface area contributed by atoms with E-state index >= 15 is 0 Å². The van der Waals surface area contributed by atoms with Gasteiger partial charge in [-0.05, 0) is 30.6 Å². The van der Waals surface area contributed by atoms with Gasteiger partial charge < -0.3 is 10.4 Å². The molecule has 0 spiro atoms. The van der Waals surface area contributed by atoms with Gasteiger partial charge in [-0.2, -0.15) is 5.26 Å². The van der Waals surface area contributed by atoms with E-state index < -0.39 is 0 Å². The van der Waals surface area contributed by atoms with Crippen molar-refractivity contribution in [3.63, 3.8) is 0 Å². The number of carbonyl (C=O) groups is 1. The zero-order valence-corrected chi connectivity index (χ0v) is 12.0. The molecule has 1 aliphatic heterocycles. The van der Waals surface area contributed by atoms with Crippen LogP contribution in [0.25, 0.3) is 0 Å². The summed E-state index contributed by atoms with van der Waals surface area (Å²) in [5, 5.41) is 22.1. The number of Topliss-reactive ketones (excluding diaryl/α,β-unsaturated/α-hetero) is 1. The SMILES string of the molecule is CC1(C)CC(=O)C2=C(C1)NC(CO)=C(C#N)C2C1CC1. The van der Waals surface area contributed by atoms with Gasteiger partial charge in [0.15, 0.2) is 5.78 Å². The molecule has 0 aromatic rings. The zero-order valence-electron chi connectivity index (χ0n) is 12.0. The lowest BCUT2D eigenvalue weighted by Gasteiger charge is -2.39. The number of nitriles is 1. The molecule has 1 unspecified atom stereocenters. The molecule has 0 aromatic heterocycles. The third kappa shape index (κ3) is 2.06. The molecule has 3 aliphatic rings. The molecule has 1 saturated carbocycles. The quantitative estimate of drug-likeness (QED) is 0.806.